The number of hydrogen-bond acceptors (Lipinski definition) is 0. The lowest BCUT2D eigenvalue weighted by atomic mass is 9.74. The summed E-state index contributed by atoms with van der Waals surface area (Å²) in [7, 11) is 0. The maximum absolute atomic E-state index is 2.47. The van der Waals surface area contributed by atoms with Crippen LogP contribution in [0.1, 0.15) is 73.1 Å². The lowest BCUT2D eigenvalue weighted by Crippen LogP contribution is -2.20. The Morgan fingerprint density at radius 1 is 1.24 bits per heavy atom. The van der Waals surface area contributed by atoms with Gasteiger partial charge in [0, 0.05) is 0 Å². The van der Waals surface area contributed by atoms with E-state index in [0.29, 0.717) is 5.41 Å². The molecule has 0 radical (unpaired) electrons. The number of allylic oxidation sites excluding steroid dienone is 2. The lowest BCUT2D eigenvalue weighted by molar-refractivity contribution is 0.233. The fraction of sp³-hybridized carbons (Fsp3) is 0.882. The van der Waals surface area contributed by atoms with Gasteiger partial charge in [-0.25, -0.2) is 0 Å². The van der Waals surface area contributed by atoms with Crippen molar-refractivity contribution in [1.82, 2.24) is 0 Å². The molecule has 2 unspecified atom stereocenters. The molecule has 0 bridgehead atoms. The Labute approximate surface area is 109 Å². The fourth-order valence-corrected chi connectivity index (χ4v) is 3.09. The van der Waals surface area contributed by atoms with Gasteiger partial charge in [0.25, 0.3) is 0 Å². The maximum atomic E-state index is 2.47. The molecule has 1 aliphatic rings. The van der Waals surface area contributed by atoms with Crippen LogP contribution in [0, 0.1) is 23.2 Å². The third-order valence-corrected chi connectivity index (χ3v) is 4.85. The standard InChI is InChI=1S/C17H32/c1-6-15(7-2)13-16-9-8-11-17(4,5)12-10-14(16)3/h8,11,14-16H,6-7,9-10,12-13H2,1-5H3. The van der Waals surface area contributed by atoms with Gasteiger partial charge in [0.1, 0.15) is 0 Å². The SMILES string of the molecule is CCC(CC)CC1CC=CC(C)(C)CCC1C. The molecule has 0 nitrogen and oxygen atoms in total. The van der Waals surface area contributed by atoms with Gasteiger partial charge in [0.05, 0.1) is 0 Å². The van der Waals surface area contributed by atoms with Gasteiger partial charge in [-0.15, -0.1) is 0 Å². The van der Waals surface area contributed by atoms with E-state index in [0.717, 1.165) is 17.8 Å². The average Bonchev–Trinajstić information content (AvgIpc) is 2.29. The van der Waals surface area contributed by atoms with E-state index in [-0.39, 0.29) is 0 Å². The van der Waals surface area contributed by atoms with E-state index < -0.39 is 0 Å². The van der Waals surface area contributed by atoms with Crippen LogP contribution in [0.3, 0.4) is 0 Å². The molecule has 0 saturated carbocycles. The summed E-state index contributed by atoms with van der Waals surface area (Å²) in [5, 5.41) is 0. The van der Waals surface area contributed by atoms with E-state index in [1.807, 2.05) is 0 Å². The van der Waals surface area contributed by atoms with Crippen LogP contribution in [-0.4, -0.2) is 0 Å². The Hall–Kier alpha value is -0.260. The largest absolute Gasteiger partial charge is 0.0877 e. The van der Waals surface area contributed by atoms with Crippen molar-refractivity contribution < 1.29 is 0 Å². The highest BCUT2D eigenvalue weighted by Gasteiger charge is 2.24. The zero-order valence-corrected chi connectivity index (χ0v) is 12.6. The van der Waals surface area contributed by atoms with Crippen molar-refractivity contribution in [2.75, 3.05) is 0 Å². The molecule has 0 heteroatoms. The van der Waals surface area contributed by atoms with Crippen molar-refractivity contribution in [2.45, 2.75) is 73.1 Å². The first kappa shape index (κ1) is 14.8. The molecule has 0 heterocycles. The van der Waals surface area contributed by atoms with Gasteiger partial charge in [-0.2, -0.15) is 0 Å². The molecule has 0 N–H and O–H groups in total. The minimum Gasteiger partial charge on any atom is -0.0877 e. The van der Waals surface area contributed by atoms with Crippen LogP contribution >= 0.6 is 0 Å². The Morgan fingerprint density at radius 2 is 1.88 bits per heavy atom. The summed E-state index contributed by atoms with van der Waals surface area (Å²) in [6.45, 7) is 11.9. The first-order valence-electron chi connectivity index (χ1n) is 7.66. The van der Waals surface area contributed by atoms with E-state index >= 15 is 0 Å². The van der Waals surface area contributed by atoms with Crippen molar-refractivity contribution in [2.24, 2.45) is 23.2 Å². The summed E-state index contributed by atoms with van der Waals surface area (Å²) < 4.78 is 0. The molecule has 0 aromatic rings. The van der Waals surface area contributed by atoms with E-state index in [1.54, 1.807) is 0 Å². The van der Waals surface area contributed by atoms with Crippen LogP contribution in [-0.2, 0) is 0 Å². The predicted octanol–water partition coefficient (Wildman–Crippen LogP) is 5.83. The van der Waals surface area contributed by atoms with Crippen LogP contribution in [0.2, 0.25) is 0 Å². The van der Waals surface area contributed by atoms with Crippen LogP contribution in [0.25, 0.3) is 0 Å². The zero-order chi connectivity index (χ0) is 12.9. The molecular weight excluding hydrogens is 204 g/mol. The van der Waals surface area contributed by atoms with Gasteiger partial charge in [0.2, 0.25) is 0 Å². The fourth-order valence-electron chi connectivity index (χ4n) is 3.09. The number of rotatable bonds is 4. The smallest absolute Gasteiger partial charge is 0.0175 e. The Balaban J connectivity index is 2.60. The molecule has 100 valence electrons. The van der Waals surface area contributed by atoms with Crippen molar-refractivity contribution in [3.8, 4) is 0 Å². The second-order valence-corrected chi connectivity index (χ2v) is 6.82. The summed E-state index contributed by atoms with van der Waals surface area (Å²) in [6.07, 6.45) is 13.1. The summed E-state index contributed by atoms with van der Waals surface area (Å²) in [4.78, 5) is 0. The van der Waals surface area contributed by atoms with Crippen LogP contribution in [0.4, 0.5) is 0 Å². The molecule has 0 aromatic carbocycles. The molecule has 0 aliphatic heterocycles. The molecule has 0 aromatic heterocycles. The zero-order valence-electron chi connectivity index (χ0n) is 12.6. The highest BCUT2D eigenvalue weighted by molar-refractivity contribution is 4.98. The van der Waals surface area contributed by atoms with Gasteiger partial charge in [-0.05, 0) is 48.9 Å². The van der Waals surface area contributed by atoms with E-state index in [2.05, 4.69) is 46.8 Å². The monoisotopic (exact) mass is 236 g/mol. The molecule has 0 spiro atoms. The molecule has 0 fully saturated rings. The van der Waals surface area contributed by atoms with E-state index in [1.165, 1.54) is 38.5 Å². The van der Waals surface area contributed by atoms with Crippen LogP contribution in [0.15, 0.2) is 12.2 Å². The summed E-state index contributed by atoms with van der Waals surface area (Å²) in [6, 6.07) is 0. The molecule has 0 amide bonds. The third-order valence-electron chi connectivity index (χ3n) is 4.85. The van der Waals surface area contributed by atoms with Gasteiger partial charge < -0.3 is 0 Å². The maximum Gasteiger partial charge on any atom is -0.0175 e. The molecule has 17 heavy (non-hydrogen) atoms. The van der Waals surface area contributed by atoms with Gasteiger partial charge in [-0.1, -0.05) is 59.6 Å². The summed E-state index contributed by atoms with van der Waals surface area (Å²) in [5.41, 5.74) is 0.425. The molecular formula is C17H32. The third kappa shape index (κ3) is 4.85. The highest BCUT2D eigenvalue weighted by atomic mass is 14.3. The van der Waals surface area contributed by atoms with Crippen molar-refractivity contribution in [3.05, 3.63) is 12.2 Å². The van der Waals surface area contributed by atoms with Crippen LogP contribution in [0.5, 0.6) is 0 Å². The average molecular weight is 236 g/mol. The van der Waals surface area contributed by atoms with E-state index in [4.69, 9.17) is 0 Å². The predicted molar refractivity (Wildman–Crippen MR) is 78.1 cm³/mol. The van der Waals surface area contributed by atoms with Crippen molar-refractivity contribution >= 4 is 0 Å². The van der Waals surface area contributed by atoms with E-state index in [9.17, 15) is 0 Å². The Bertz CT molecular complexity index is 232. The molecule has 1 rings (SSSR count). The topological polar surface area (TPSA) is 0 Å². The molecule has 1 aliphatic carbocycles. The molecule has 0 saturated heterocycles. The van der Waals surface area contributed by atoms with Gasteiger partial charge in [0.15, 0.2) is 0 Å². The Morgan fingerprint density at radius 3 is 2.47 bits per heavy atom. The highest BCUT2D eigenvalue weighted by Crippen LogP contribution is 2.36. The summed E-state index contributed by atoms with van der Waals surface area (Å²) >= 11 is 0. The van der Waals surface area contributed by atoms with Crippen molar-refractivity contribution in [1.29, 1.82) is 0 Å². The second-order valence-electron chi connectivity index (χ2n) is 6.82. The first-order chi connectivity index (χ1) is 7.98. The first-order valence-corrected chi connectivity index (χ1v) is 7.66. The minimum atomic E-state index is 0.425. The Kier molecular flexibility index (Phi) is 5.76. The summed E-state index contributed by atoms with van der Waals surface area (Å²) in [5.74, 6) is 2.77. The van der Waals surface area contributed by atoms with Crippen LogP contribution < -0.4 is 0 Å². The molecule has 2 atom stereocenters. The second kappa shape index (κ2) is 6.61. The van der Waals surface area contributed by atoms with Crippen molar-refractivity contribution in [3.63, 3.8) is 0 Å². The van der Waals surface area contributed by atoms with Gasteiger partial charge in [-0.3, -0.25) is 0 Å². The lowest BCUT2D eigenvalue weighted by Gasteiger charge is -2.32. The minimum absolute atomic E-state index is 0.425. The normalized spacial score (nSPS) is 29.1. The number of hydrogen-bond donors (Lipinski definition) is 0. The van der Waals surface area contributed by atoms with Gasteiger partial charge >= 0.3 is 0 Å². The quantitative estimate of drug-likeness (QED) is 0.539.